The minimum Gasteiger partial charge on any atom is -0.481 e. The Hall–Kier alpha value is -2.87. The number of furan rings is 1. The van der Waals surface area contributed by atoms with Crippen molar-refractivity contribution in [2.75, 3.05) is 4.90 Å². The van der Waals surface area contributed by atoms with Crippen molar-refractivity contribution in [1.82, 2.24) is 0 Å². The molecule has 0 bridgehead atoms. The normalized spacial score (nSPS) is 19.5. The molecule has 1 aromatic carbocycles. The van der Waals surface area contributed by atoms with E-state index in [0.717, 1.165) is 11.8 Å². The molecule has 3 rings (SSSR count). The molecule has 1 N–H and O–H groups in total. The van der Waals surface area contributed by atoms with Crippen molar-refractivity contribution in [2.45, 2.75) is 11.7 Å². The van der Waals surface area contributed by atoms with E-state index in [1.807, 2.05) is 6.07 Å². The number of carboxylic acids is 1. The summed E-state index contributed by atoms with van der Waals surface area (Å²) in [4.78, 5) is 24.9. The summed E-state index contributed by atoms with van der Waals surface area (Å²) in [6.45, 7) is 0. The molecule has 1 amide bonds. The first-order valence-corrected chi connectivity index (χ1v) is 7.95. The SMILES string of the molecule is O=C(O)C[C@@H]1S/C(=N/N=C\c2ccco2)N(c2ccccc2)C1=O. The molecule has 122 valence electrons. The highest BCUT2D eigenvalue weighted by Gasteiger charge is 2.40. The maximum absolute atomic E-state index is 12.5. The number of hydrogen-bond donors (Lipinski definition) is 1. The van der Waals surface area contributed by atoms with Crippen LogP contribution in [0.4, 0.5) is 5.69 Å². The number of carbonyl (C=O) groups excluding carboxylic acids is 1. The maximum Gasteiger partial charge on any atom is 0.305 e. The third-order valence-electron chi connectivity index (χ3n) is 3.18. The zero-order valence-corrected chi connectivity index (χ0v) is 13.2. The lowest BCUT2D eigenvalue weighted by atomic mass is 10.2. The summed E-state index contributed by atoms with van der Waals surface area (Å²) in [5, 5.41) is 16.6. The molecule has 1 fully saturated rings. The molecule has 0 spiro atoms. The van der Waals surface area contributed by atoms with Gasteiger partial charge in [-0.25, -0.2) is 0 Å². The summed E-state index contributed by atoms with van der Waals surface area (Å²) in [7, 11) is 0. The van der Waals surface area contributed by atoms with E-state index < -0.39 is 11.2 Å². The summed E-state index contributed by atoms with van der Waals surface area (Å²) in [5.74, 6) is -0.822. The fourth-order valence-corrected chi connectivity index (χ4v) is 3.22. The van der Waals surface area contributed by atoms with Crippen LogP contribution in [0, 0.1) is 0 Å². The van der Waals surface area contributed by atoms with E-state index in [-0.39, 0.29) is 12.3 Å². The van der Waals surface area contributed by atoms with Crippen LogP contribution in [0.1, 0.15) is 12.2 Å². The number of amidine groups is 1. The molecular weight excluding hydrogens is 330 g/mol. The van der Waals surface area contributed by atoms with Gasteiger partial charge in [-0.1, -0.05) is 30.0 Å². The highest BCUT2D eigenvalue weighted by Crippen LogP contribution is 2.33. The zero-order valence-electron chi connectivity index (χ0n) is 12.4. The van der Waals surface area contributed by atoms with Gasteiger partial charge in [0, 0.05) is 0 Å². The number of hydrogen-bond acceptors (Lipinski definition) is 6. The second-order valence-electron chi connectivity index (χ2n) is 4.86. The Morgan fingerprint density at radius 2 is 2.08 bits per heavy atom. The Morgan fingerprint density at radius 3 is 2.75 bits per heavy atom. The largest absolute Gasteiger partial charge is 0.481 e. The Balaban J connectivity index is 1.88. The fraction of sp³-hybridized carbons (Fsp3) is 0.125. The average molecular weight is 343 g/mol. The second kappa shape index (κ2) is 7.14. The predicted molar refractivity (Wildman–Crippen MR) is 91.3 cm³/mol. The van der Waals surface area contributed by atoms with Gasteiger partial charge in [-0.05, 0) is 24.3 Å². The molecule has 0 radical (unpaired) electrons. The molecule has 8 heteroatoms. The van der Waals surface area contributed by atoms with Crippen molar-refractivity contribution in [3.05, 3.63) is 54.5 Å². The average Bonchev–Trinajstić information content (AvgIpc) is 3.17. The quantitative estimate of drug-likeness (QED) is 0.665. The monoisotopic (exact) mass is 343 g/mol. The van der Waals surface area contributed by atoms with Crippen LogP contribution in [-0.4, -0.2) is 33.6 Å². The number of amides is 1. The van der Waals surface area contributed by atoms with Crippen LogP contribution in [0.3, 0.4) is 0 Å². The van der Waals surface area contributed by atoms with Gasteiger partial charge in [-0.3, -0.25) is 14.5 Å². The third kappa shape index (κ3) is 3.54. The molecule has 0 saturated carbocycles. The topological polar surface area (TPSA) is 95.5 Å². The Kier molecular flexibility index (Phi) is 4.76. The van der Waals surface area contributed by atoms with Crippen LogP contribution in [-0.2, 0) is 9.59 Å². The number of nitrogens with zero attached hydrogens (tertiary/aromatic N) is 3. The molecule has 2 aromatic rings. The van der Waals surface area contributed by atoms with Crippen LogP contribution >= 0.6 is 11.8 Å². The highest BCUT2D eigenvalue weighted by atomic mass is 32.2. The lowest BCUT2D eigenvalue weighted by molar-refractivity contribution is -0.138. The van der Waals surface area contributed by atoms with Gasteiger partial charge in [-0.15, -0.1) is 5.10 Å². The summed E-state index contributed by atoms with van der Waals surface area (Å²) in [6, 6.07) is 12.4. The van der Waals surface area contributed by atoms with Crippen LogP contribution < -0.4 is 4.90 Å². The van der Waals surface area contributed by atoms with Crippen LogP contribution in [0.5, 0.6) is 0 Å². The van der Waals surface area contributed by atoms with Gasteiger partial charge < -0.3 is 9.52 Å². The van der Waals surface area contributed by atoms with Gasteiger partial charge in [0.05, 0.1) is 24.6 Å². The smallest absolute Gasteiger partial charge is 0.305 e. The van der Waals surface area contributed by atoms with Gasteiger partial charge in [-0.2, -0.15) is 5.10 Å². The number of aliphatic carboxylic acids is 1. The van der Waals surface area contributed by atoms with E-state index in [1.54, 1.807) is 36.4 Å². The molecule has 0 aliphatic carbocycles. The van der Waals surface area contributed by atoms with Crippen molar-refractivity contribution < 1.29 is 19.1 Å². The number of thioether (sulfide) groups is 1. The van der Waals surface area contributed by atoms with E-state index in [1.165, 1.54) is 17.4 Å². The molecule has 7 nitrogen and oxygen atoms in total. The molecular formula is C16H13N3O4S. The number of benzene rings is 1. The van der Waals surface area contributed by atoms with Gasteiger partial charge in [0.15, 0.2) is 5.17 Å². The van der Waals surface area contributed by atoms with Gasteiger partial charge in [0.25, 0.3) is 0 Å². The zero-order chi connectivity index (χ0) is 16.9. The highest BCUT2D eigenvalue weighted by molar-refractivity contribution is 8.16. The number of rotatable bonds is 5. The summed E-state index contributed by atoms with van der Waals surface area (Å²) in [6.07, 6.45) is 2.67. The molecule has 1 aliphatic rings. The van der Waals surface area contributed by atoms with E-state index in [0.29, 0.717) is 16.6 Å². The van der Waals surface area contributed by atoms with Crippen LogP contribution in [0.2, 0.25) is 0 Å². The van der Waals surface area contributed by atoms with Crippen LogP contribution in [0.25, 0.3) is 0 Å². The second-order valence-corrected chi connectivity index (χ2v) is 6.03. The van der Waals surface area contributed by atoms with E-state index in [9.17, 15) is 9.59 Å². The van der Waals surface area contributed by atoms with E-state index >= 15 is 0 Å². The molecule has 2 heterocycles. The van der Waals surface area contributed by atoms with Crippen molar-refractivity contribution in [2.24, 2.45) is 10.2 Å². The van der Waals surface area contributed by atoms with Crippen molar-refractivity contribution >= 4 is 40.7 Å². The number of anilines is 1. The first-order valence-electron chi connectivity index (χ1n) is 7.07. The Morgan fingerprint density at radius 1 is 1.29 bits per heavy atom. The van der Waals surface area contributed by atoms with Gasteiger partial charge >= 0.3 is 5.97 Å². The van der Waals surface area contributed by atoms with E-state index in [2.05, 4.69) is 10.2 Å². The molecule has 1 atom stereocenters. The summed E-state index contributed by atoms with van der Waals surface area (Å²) < 4.78 is 5.12. The molecule has 1 aliphatic heterocycles. The first kappa shape index (κ1) is 16.0. The lowest BCUT2D eigenvalue weighted by Crippen LogP contribution is -2.32. The molecule has 0 unspecified atom stereocenters. The fourth-order valence-electron chi connectivity index (χ4n) is 2.14. The first-order chi connectivity index (χ1) is 11.6. The summed E-state index contributed by atoms with van der Waals surface area (Å²) >= 11 is 1.09. The van der Waals surface area contributed by atoms with Gasteiger partial charge in [0.1, 0.15) is 11.0 Å². The third-order valence-corrected chi connectivity index (χ3v) is 4.31. The lowest BCUT2D eigenvalue weighted by Gasteiger charge is -2.15. The van der Waals surface area contributed by atoms with Crippen molar-refractivity contribution in [1.29, 1.82) is 0 Å². The van der Waals surface area contributed by atoms with Crippen molar-refractivity contribution in [3.8, 4) is 0 Å². The minimum absolute atomic E-state index is 0.270. The number of para-hydroxylation sites is 1. The maximum atomic E-state index is 12.5. The molecule has 1 aromatic heterocycles. The van der Waals surface area contributed by atoms with Crippen molar-refractivity contribution in [3.63, 3.8) is 0 Å². The standard InChI is InChI=1S/C16H13N3O4S/c20-14(21)9-13-15(22)19(11-5-2-1-3-6-11)16(24-13)18-17-10-12-7-4-8-23-12/h1-8,10,13H,9H2,(H,20,21)/b17-10-,18-16+/t13-/m0/s1. The number of carboxylic acid groups (broad SMARTS) is 1. The Labute approximate surface area is 141 Å². The summed E-state index contributed by atoms with van der Waals surface area (Å²) in [5.41, 5.74) is 0.620. The van der Waals surface area contributed by atoms with Gasteiger partial charge in [0.2, 0.25) is 5.91 Å². The predicted octanol–water partition coefficient (Wildman–Crippen LogP) is 2.59. The molecule has 1 saturated heterocycles. The van der Waals surface area contributed by atoms with E-state index in [4.69, 9.17) is 9.52 Å². The number of carbonyl (C=O) groups is 2. The minimum atomic E-state index is -1.03. The molecule has 24 heavy (non-hydrogen) atoms. The Bertz CT molecular complexity index is 787. The van der Waals surface area contributed by atoms with Crippen LogP contribution in [0.15, 0.2) is 63.3 Å².